The molecule has 1 aliphatic carbocycles. The predicted octanol–water partition coefficient (Wildman–Crippen LogP) is 0.416. The van der Waals surface area contributed by atoms with E-state index in [4.69, 9.17) is 5.11 Å². The van der Waals surface area contributed by atoms with Gasteiger partial charge in [0.2, 0.25) is 0 Å². The third-order valence-electron chi connectivity index (χ3n) is 3.04. The van der Waals surface area contributed by atoms with Crippen molar-refractivity contribution in [3.8, 4) is 0 Å². The summed E-state index contributed by atoms with van der Waals surface area (Å²) in [4.78, 5) is 10.4. The van der Waals surface area contributed by atoms with E-state index in [9.17, 15) is 13.2 Å². The first-order chi connectivity index (χ1) is 7.65. The summed E-state index contributed by atoms with van der Waals surface area (Å²) in [5.41, 5.74) is -0.462. The number of carbonyl (C=O) groups is 1. The van der Waals surface area contributed by atoms with Crippen LogP contribution >= 0.6 is 0 Å². The van der Waals surface area contributed by atoms with Crippen LogP contribution in [0.1, 0.15) is 33.1 Å². The summed E-state index contributed by atoms with van der Waals surface area (Å²) in [5, 5.41) is 8.52. The molecule has 0 aromatic rings. The van der Waals surface area contributed by atoms with Crippen LogP contribution in [0.4, 0.5) is 0 Å². The van der Waals surface area contributed by atoms with Gasteiger partial charge in [-0.1, -0.05) is 0 Å². The third kappa shape index (κ3) is 4.25. The normalized spacial score (nSPS) is 17.4. The standard InChI is InChI=1S/C10H20N2O4S/c1-10(2,8-4-5-8)11-17(15,16)12(3)7-6-9(13)14/h8,11H,4-7H2,1-3H3,(H,13,14). The molecule has 1 aliphatic rings. The Bertz CT molecular complexity index is 387. The first-order valence-electron chi connectivity index (χ1n) is 5.62. The predicted molar refractivity (Wildman–Crippen MR) is 63.7 cm³/mol. The van der Waals surface area contributed by atoms with Crippen LogP contribution in [0.5, 0.6) is 0 Å². The highest BCUT2D eigenvalue weighted by Crippen LogP contribution is 2.39. The minimum atomic E-state index is -3.60. The monoisotopic (exact) mass is 264 g/mol. The van der Waals surface area contributed by atoms with Gasteiger partial charge in [-0.05, 0) is 32.6 Å². The van der Waals surface area contributed by atoms with Gasteiger partial charge in [0.05, 0.1) is 6.42 Å². The van der Waals surface area contributed by atoms with Gasteiger partial charge in [-0.15, -0.1) is 0 Å². The molecule has 0 aromatic carbocycles. The van der Waals surface area contributed by atoms with Crippen molar-refractivity contribution in [3.63, 3.8) is 0 Å². The topological polar surface area (TPSA) is 86.7 Å². The van der Waals surface area contributed by atoms with Crippen molar-refractivity contribution < 1.29 is 18.3 Å². The van der Waals surface area contributed by atoms with Crippen molar-refractivity contribution >= 4 is 16.2 Å². The molecule has 100 valence electrons. The highest BCUT2D eigenvalue weighted by molar-refractivity contribution is 7.87. The average Bonchev–Trinajstić information content (AvgIpc) is 2.94. The number of hydrogen-bond acceptors (Lipinski definition) is 3. The molecule has 0 atom stereocenters. The van der Waals surface area contributed by atoms with Gasteiger partial charge in [-0.3, -0.25) is 4.79 Å². The van der Waals surface area contributed by atoms with Crippen molar-refractivity contribution in [2.45, 2.75) is 38.6 Å². The molecule has 0 heterocycles. The maximum atomic E-state index is 11.9. The SMILES string of the molecule is CN(CCC(=O)O)S(=O)(=O)NC(C)(C)C1CC1. The van der Waals surface area contributed by atoms with Crippen molar-refractivity contribution in [2.75, 3.05) is 13.6 Å². The first-order valence-corrected chi connectivity index (χ1v) is 7.06. The van der Waals surface area contributed by atoms with Crippen molar-refractivity contribution in [1.82, 2.24) is 9.03 Å². The zero-order chi connectivity index (χ0) is 13.3. The Balaban J connectivity index is 2.57. The van der Waals surface area contributed by atoms with Gasteiger partial charge in [0.1, 0.15) is 0 Å². The molecule has 0 aromatic heterocycles. The molecule has 0 spiro atoms. The Hall–Kier alpha value is -0.660. The second-order valence-corrected chi connectivity index (χ2v) is 6.85. The lowest BCUT2D eigenvalue weighted by atomic mass is 10.0. The molecular weight excluding hydrogens is 244 g/mol. The first kappa shape index (κ1) is 14.4. The van der Waals surface area contributed by atoms with Crippen LogP contribution in [0.25, 0.3) is 0 Å². The molecule has 0 aliphatic heterocycles. The fourth-order valence-electron chi connectivity index (χ4n) is 1.67. The average molecular weight is 264 g/mol. The quantitative estimate of drug-likeness (QED) is 0.697. The number of nitrogens with zero attached hydrogens (tertiary/aromatic N) is 1. The lowest BCUT2D eigenvalue weighted by molar-refractivity contribution is -0.137. The minimum Gasteiger partial charge on any atom is -0.481 e. The molecule has 6 nitrogen and oxygen atoms in total. The smallest absolute Gasteiger partial charge is 0.304 e. The highest BCUT2D eigenvalue weighted by atomic mass is 32.2. The Morgan fingerprint density at radius 3 is 2.41 bits per heavy atom. The summed E-state index contributed by atoms with van der Waals surface area (Å²) < 4.78 is 27.5. The van der Waals surface area contributed by atoms with Crippen LogP contribution < -0.4 is 4.72 Å². The van der Waals surface area contributed by atoms with Crippen LogP contribution in [-0.2, 0) is 15.0 Å². The number of hydrogen-bond donors (Lipinski definition) is 2. The lowest BCUT2D eigenvalue weighted by Gasteiger charge is -2.28. The van der Waals surface area contributed by atoms with Crippen LogP contribution in [0.2, 0.25) is 0 Å². The summed E-state index contributed by atoms with van der Waals surface area (Å²) in [6, 6.07) is 0. The number of carboxylic acid groups (broad SMARTS) is 1. The second kappa shape index (κ2) is 4.91. The van der Waals surface area contributed by atoms with E-state index in [2.05, 4.69) is 4.72 Å². The van der Waals surface area contributed by atoms with Crippen molar-refractivity contribution in [1.29, 1.82) is 0 Å². The molecule has 0 amide bonds. The highest BCUT2D eigenvalue weighted by Gasteiger charge is 2.41. The van der Waals surface area contributed by atoms with Crippen molar-refractivity contribution in [3.05, 3.63) is 0 Å². The molecule has 1 fully saturated rings. The van der Waals surface area contributed by atoms with Gasteiger partial charge >= 0.3 is 5.97 Å². The number of nitrogens with one attached hydrogen (secondary N) is 1. The summed E-state index contributed by atoms with van der Waals surface area (Å²) in [6.45, 7) is 3.69. The molecule has 17 heavy (non-hydrogen) atoms. The summed E-state index contributed by atoms with van der Waals surface area (Å²) >= 11 is 0. The maximum Gasteiger partial charge on any atom is 0.304 e. The largest absolute Gasteiger partial charge is 0.481 e. The van der Waals surface area contributed by atoms with Gasteiger partial charge in [0, 0.05) is 19.1 Å². The van der Waals surface area contributed by atoms with E-state index in [0.717, 1.165) is 17.1 Å². The second-order valence-electron chi connectivity index (χ2n) is 5.07. The van der Waals surface area contributed by atoms with Crippen LogP contribution in [0, 0.1) is 5.92 Å². The number of rotatable bonds is 7. The molecule has 2 N–H and O–H groups in total. The van der Waals surface area contributed by atoms with Crippen LogP contribution in [0.15, 0.2) is 0 Å². The lowest BCUT2D eigenvalue weighted by Crippen LogP contribution is -2.50. The number of aliphatic carboxylic acids is 1. The fourth-order valence-corrected chi connectivity index (χ4v) is 2.99. The molecule has 0 unspecified atom stereocenters. The van der Waals surface area contributed by atoms with E-state index < -0.39 is 21.7 Å². The molecule has 1 rings (SSSR count). The summed E-state index contributed by atoms with van der Waals surface area (Å²) in [6.07, 6.45) is 1.88. The molecule has 0 bridgehead atoms. The van der Waals surface area contributed by atoms with Crippen LogP contribution in [0.3, 0.4) is 0 Å². The van der Waals surface area contributed by atoms with E-state index in [1.807, 2.05) is 13.8 Å². The molecule has 1 saturated carbocycles. The van der Waals surface area contributed by atoms with E-state index in [1.54, 1.807) is 0 Å². The minimum absolute atomic E-state index is 0.0224. The zero-order valence-electron chi connectivity index (χ0n) is 10.4. The maximum absolute atomic E-state index is 11.9. The van der Waals surface area contributed by atoms with E-state index in [-0.39, 0.29) is 13.0 Å². The van der Waals surface area contributed by atoms with E-state index in [0.29, 0.717) is 5.92 Å². The van der Waals surface area contributed by atoms with Gasteiger partial charge < -0.3 is 5.11 Å². The van der Waals surface area contributed by atoms with Gasteiger partial charge in [-0.25, -0.2) is 0 Å². The molecule has 0 radical (unpaired) electrons. The van der Waals surface area contributed by atoms with Gasteiger partial charge in [0.15, 0.2) is 0 Å². The molecule has 0 saturated heterocycles. The van der Waals surface area contributed by atoms with E-state index >= 15 is 0 Å². The van der Waals surface area contributed by atoms with Gasteiger partial charge in [-0.2, -0.15) is 17.4 Å². The summed E-state index contributed by atoms with van der Waals surface area (Å²) in [7, 11) is -2.22. The Morgan fingerprint density at radius 1 is 1.47 bits per heavy atom. The fraction of sp³-hybridized carbons (Fsp3) is 0.900. The van der Waals surface area contributed by atoms with Crippen LogP contribution in [-0.4, -0.2) is 42.9 Å². The Labute approximate surface area is 102 Å². The van der Waals surface area contributed by atoms with E-state index in [1.165, 1.54) is 7.05 Å². The third-order valence-corrected chi connectivity index (χ3v) is 4.83. The summed E-state index contributed by atoms with van der Waals surface area (Å²) in [5.74, 6) is -0.626. The van der Waals surface area contributed by atoms with Crippen molar-refractivity contribution in [2.24, 2.45) is 5.92 Å². The zero-order valence-corrected chi connectivity index (χ0v) is 11.2. The van der Waals surface area contributed by atoms with Gasteiger partial charge in [0.25, 0.3) is 10.2 Å². The molecular formula is C10H20N2O4S. The Kier molecular flexibility index (Phi) is 4.16. The molecule has 7 heteroatoms. The Morgan fingerprint density at radius 2 is 2.00 bits per heavy atom. The number of carboxylic acids is 1.